The largest absolute Gasteiger partial charge is 0.463 e. The summed E-state index contributed by atoms with van der Waals surface area (Å²) in [5.41, 5.74) is 5.97. The fourth-order valence-electron chi connectivity index (χ4n) is 1.64. The van der Waals surface area contributed by atoms with E-state index in [2.05, 4.69) is 4.74 Å². The molecule has 0 radical (unpaired) electrons. The molecule has 1 saturated heterocycles. The predicted octanol–water partition coefficient (Wildman–Crippen LogP) is 0.481. The lowest BCUT2D eigenvalue weighted by Gasteiger charge is -2.26. The van der Waals surface area contributed by atoms with Crippen LogP contribution in [-0.2, 0) is 14.2 Å². The van der Waals surface area contributed by atoms with E-state index in [-0.39, 0.29) is 11.9 Å². The summed E-state index contributed by atoms with van der Waals surface area (Å²) in [5.74, 6) is 0.0971. The van der Waals surface area contributed by atoms with Crippen LogP contribution in [0.15, 0.2) is 16.5 Å². The van der Waals surface area contributed by atoms with Crippen molar-refractivity contribution in [3.63, 3.8) is 0 Å². The number of carbonyl (C=O) groups is 1. The summed E-state index contributed by atoms with van der Waals surface area (Å²) in [6.45, 7) is 1.52. The molecule has 6 nitrogen and oxygen atoms in total. The molecular weight excluding hydrogens is 226 g/mol. The van der Waals surface area contributed by atoms with Gasteiger partial charge in [0.15, 0.2) is 0 Å². The van der Waals surface area contributed by atoms with Gasteiger partial charge in [0.2, 0.25) is 5.76 Å². The van der Waals surface area contributed by atoms with Crippen molar-refractivity contribution < 1.29 is 23.4 Å². The number of methoxy groups -OCH3 is 1. The second kappa shape index (κ2) is 5.31. The van der Waals surface area contributed by atoms with Gasteiger partial charge < -0.3 is 24.4 Å². The zero-order valence-corrected chi connectivity index (χ0v) is 9.55. The number of furan rings is 1. The van der Waals surface area contributed by atoms with Crippen molar-refractivity contribution in [3.05, 3.63) is 23.7 Å². The highest BCUT2D eigenvalue weighted by Gasteiger charge is 2.26. The van der Waals surface area contributed by atoms with Gasteiger partial charge in [0.25, 0.3) is 0 Å². The highest BCUT2D eigenvalue weighted by molar-refractivity contribution is 5.86. The minimum atomic E-state index is -0.524. The van der Waals surface area contributed by atoms with Gasteiger partial charge in [0, 0.05) is 0 Å². The molecule has 2 N–H and O–H groups in total. The molecule has 0 saturated carbocycles. The van der Waals surface area contributed by atoms with Gasteiger partial charge in [-0.05, 0) is 12.1 Å². The van der Waals surface area contributed by atoms with Crippen LogP contribution in [0, 0.1) is 0 Å². The van der Waals surface area contributed by atoms with Gasteiger partial charge in [-0.1, -0.05) is 0 Å². The number of ether oxygens (including phenoxy) is 3. The summed E-state index contributed by atoms with van der Waals surface area (Å²) in [6.07, 6.45) is -0.250. The molecule has 94 valence electrons. The number of hydrogen-bond acceptors (Lipinski definition) is 6. The van der Waals surface area contributed by atoms with Crippen molar-refractivity contribution >= 4 is 5.97 Å². The van der Waals surface area contributed by atoms with Gasteiger partial charge in [-0.3, -0.25) is 0 Å². The van der Waals surface area contributed by atoms with E-state index in [1.54, 1.807) is 6.07 Å². The Morgan fingerprint density at radius 3 is 3.00 bits per heavy atom. The van der Waals surface area contributed by atoms with Gasteiger partial charge >= 0.3 is 5.97 Å². The van der Waals surface area contributed by atoms with Crippen LogP contribution < -0.4 is 5.73 Å². The van der Waals surface area contributed by atoms with Gasteiger partial charge in [-0.15, -0.1) is 0 Å². The van der Waals surface area contributed by atoms with Gasteiger partial charge in [-0.2, -0.15) is 0 Å². The number of esters is 1. The third-order valence-electron chi connectivity index (χ3n) is 2.58. The molecule has 2 unspecified atom stereocenters. The molecule has 2 rings (SSSR count). The van der Waals surface area contributed by atoms with Crippen molar-refractivity contribution in [1.29, 1.82) is 0 Å². The summed E-state index contributed by atoms with van der Waals surface area (Å²) < 4.78 is 20.6. The van der Waals surface area contributed by atoms with Gasteiger partial charge in [0.05, 0.1) is 33.0 Å². The quantitative estimate of drug-likeness (QED) is 0.775. The maximum Gasteiger partial charge on any atom is 0.373 e. The first kappa shape index (κ1) is 12.1. The van der Waals surface area contributed by atoms with E-state index in [0.29, 0.717) is 25.6 Å². The molecule has 1 aliphatic heterocycles. The molecule has 0 spiro atoms. The van der Waals surface area contributed by atoms with Crippen LogP contribution in [0.1, 0.15) is 22.4 Å². The third kappa shape index (κ3) is 2.66. The first-order valence-corrected chi connectivity index (χ1v) is 5.35. The van der Waals surface area contributed by atoms with Crippen molar-refractivity contribution in [2.75, 3.05) is 26.9 Å². The van der Waals surface area contributed by atoms with E-state index in [0.717, 1.165) is 0 Å². The van der Waals surface area contributed by atoms with Crippen molar-refractivity contribution in [2.24, 2.45) is 5.73 Å². The number of nitrogens with two attached hydrogens (primary N) is 1. The van der Waals surface area contributed by atoms with Crippen molar-refractivity contribution in [2.45, 2.75) is 12.1 Å². The lowest BCUT2D eigenvalue weighted by molar-refractivity contribution is -0.0996. The normalized spacial score (nSPS) is 22.1. The standard InChI is InChI=1S/C11H15NO5/c1-14-11(13)8-3-2-7(17-8)10(12)9-6-15-4-5-16-9/h2-3,9-10H,4-6,12H2,1H3. The maximum absolute atomic E-state index is 11.2. The van der Waals surface area contributed by atoms with E-state index in [9.17, 15) is 4.79 Å². The fourth-order valence-corrected chi connectivity index (χ4v) is 1.64. The molecule has 0 amide bonds. The van der Waals surface area contributed by atoms with E-state index in [4.69, 9.17) is 19.6 Å². The van der Waals surface area contributed by atoms with Gasteiger partial charge in [0.1, 0.15) is 11.9 Å². The predicted molar refractivity (Wildman–Crippen MR) is 57.5 cm³/mol. The second-order valence-electron chi connectivity index (χ2n) is 3.70. The summed E-state index contributed by atoms with van der Waals surface area (Å²) in [5, 5.41) is 0. The zero-order chi connectivity index (χ0) is 12.3. The average Bonchev–Trinajstić information content (AvgIpc) is 2.87. The Bertz CT molecular complexity index is 383. The smallest absolute Gasteiger partial charge is 0.373 e. The lowest BCUT2D eigenvalue weighted by atomic mass is 10.1. The molecule has 17 heavy (non-hydrogen) atoms. The monoisotopic (exact) mass is 241 g/mol. The molecule has 0 aromatic carbocycles. The SMILES string of the molecule is COC(=O)c1ccc(C(N)C2COCCO2)o1. The fraction of sp³-hybridized carbons (Fsp3) is 0.545. The topological polar surface area (TPSA) is 83.9 Å². The average molecular weight is 241 g/mol. The molecule has 2 heterocycles. The van der Waals surface area contributed by atoms with Crippen LogP contribution in [0.3, 0.4) is 0 Å². The van der Waals surface area contributed by atoms with Gasteiger partial charge in [-0.25, -0.2) is 4.79 Å². The van der Waals surface area contributed by atoms with Crippen LogP contribution >= 0.6 is 0 Å². The molecular formula is C11H15NO5. The molecule has 2 atom stereocenters. The molecule has 1 aromatic heterocycles. The number of carbonyl (C=O) groups excluding carboxylic acids is 1. The van der Waals surface area contributed by atoms with E-state index < -0.39 is 12.0 Å². The van der Waals surface area contributed by atoms with Crippen LogP contribution in [0.25, 0.3) is 0 Å². The molecule has 6 heteroatoms. The lowest BCUT2D eigenvalue weighted by Crippen LogP contribution is -2.37. The van der Waals surface area contributed by atoms with Crippen LogP contribution in [0.5, 0.6) is 0 Å². The molecule has 0 aliphatic carbocycles. The van der Waals surface area contributed by atoms with Crippen LogP contribution in [-0.4, -0.2) is 39.0 Å². The Morgan fingerprint density at radius 1 is 1.53 bits per heavy atom. The zero-order valence-electron chi connectivity index (χ0n) is 9.55. The number of hydrogen-bond donors (Lipinski definition) is 1. The minimum Gasteiger partial charge on any atom is -0.463 e. The first-order chi connectivity index (χ1) is 8.22. The van der Waals surface area contributed by atoms with E-state index in [1.165, 1.54) is 13.2 Å². The Balaban J connectivity index is 2.05. The summed E-state index contributed by atoms with van der Waals surface area (Å²) in [4.78, 5) is 11.2. The third-order valence-corrected chi connectivity index (χ3v) is 2.58. The first-order valence-electron chi connectivity index (χ1n) is 5.35. The molecule has 0 bridgehead atoms. The summed E-state index contributed by atoms with van der Waals surface area (Å²) in [7, 11) is 1.29. The maximum atomic E-state index is 11.2. The molecule has 1 aliphatic rings. The summed E-state index contributed by atoms with van der Waals surface area (Å²) in [6, 6.07) is 2.73. The highest BCUT2D eigenvalue weighted by Crippen LogP contribution is 2.21. The van der Waals surface area contributed by atoms with Crippen LogP contribution in [0.4, 0.5) is 0 Å². The second-order valence-corrected chi connectivity index (χ2v) is 3.70. The van der Waals surface area contributed by atoms with E-state index in [1.807, 2.05) is 0 Å². The Hall–Kier alpha value is -1.37. The highest BCUT2D eigenvalue weighted by atomic mass is 16.6. The Kier molecular flexibility index (Phi) is 3.78. The molecule has 1 aromatic rings. The van der Waals surface area contributed by atoms with E-state index >= 15 is 0 Å². The summed E-state index contributed by atoms with van der Waals surface area (Å²) >= 11 is 0. The Labute approximate surface area is 98.6 Å². The Morgan fingerprint density at radius 2 is 2.35 bits per heavy atom. The molecule has 1 fully saturated rings. The van der Waals surface area contributed by atoms with Crippen molar-refractivity contribution in [1.82, 2.24) is 0 Å². The minimum absolute atomic E-state index is 0.134. The van der Waals surface area contributed by atoms with Crippen molar-refractivity contribution in [3.8, 4) is 0 Å². The number of rotatable bonds is 3. The van der Waals surface area contributed by atoms with Crippen LogP contribution in [0.2, 0.25) is 0 Å².